The summed E-state index contributed by atoms with van der Waals surface area (Å²) in [5.41, 5.74) is 5.05. The number of nitrogens with two attached hydrogens (primary N) is 1. The van der Waals surface area contributed by atoms with E-state index in [4.69, 9.17) is 5.73 Å². The number of carbonyl (C=O) groups excluding carboxylic acids is 2. The number of piperazine rings is 1. The van der Waals surface area contributed by atoms with Crippen molar-refractivity contribution >= 4 is 24.2 Å². The first-order valence-corrected chi connectivity index (χ1v) is 7.16. The lowest BCUT2D eigenvalue weighted by Crippen LogP contribution is -2.51. The number of rotatable bonds is 3. The summed E-state index contributed by atoms with van der Waals surface area (Å²) in [5, 5.41) is 0. The molecule has 1 atom stereocenters. The molecule has 1 heterocycles. The van der Waals surface area contributed by atoms with Crippen molar-refractivity contribution in [1.29, 1.82) is 0 Å². The normalized spacial score (nSPS) is 15.8. The fraction of sp³-hybridized carbons (Fsp3) is 0.467. The predicted molar refractivity (Wildman–Crippen MR) is 84.4 cm³/mol. The summed E-state index contributed by atoms with van der Waals surface area (Å²) in [4.78, 5) is 27.1. The van der Waals surface area contributed by atoms with Crippen LogP contribution in [-0.2, 0) is 4.79 Å². The molecule has 5 nitrogen and oxygen atoms in total. The van der Waals surface area contributed by atoms with Gasteiger partial charge in [0.25, 0.3) is 5.91 Å². The van der Waals surface area contributed by atoms with Crippen LogP contribution in [0.4, 0.5) is 8.78 Å². The molecule has 1 aliphatic heterocycles. The van der Waals surface area contributed by atoms with E-state index in [0.29, 0.717) is 13.1 Å². The highest BCUT2D eigenvalue weighted by Crippen LogP contribution is 2.16. The molecule has 2 rings (SSSR count). The zero-order valence-corrected chi connectivity index (χ0v) is 13.6. The Balaban J connectivity index is 0.00000264. The minimum atomic E-state index is -0.875. The molecule has 8 heteroatoms. The van der Waals surface area contributed by atoms with E-state index in [1.807, 2.05) is 0 Å². The highest BCUT2D eigenvalue weighted by atomic mass is 35.5. The smallest absolute Gasteiger partial charge is 0.259 e. The molecule has 1 aromatic rings. The third-order valence-corrected chi connectivity index (χ3v) is 3.59. The van der Waals surface area contributed by atoms with Gasteiger partial charge in [0.1, 0.15) is 17.2 Å². The third kappa shape index (κ3) is 4.62. The SMILES string of the molecule is CC(N)CC(=O)N1CCN(C(=O)c2c(F)cccc2F)CC1.Cl. The summed E-state index contributed by atoms with van der Waals surface area (Å²) < 4.78 is 27.3. The first kappa shape index (κ1) is 19.3. The van der Waals surface area contributed by atoms with Crippen LogP contribution in [0.1, 0.15) is 23.7 Å². The fourth-order valence-corrected chi connectivity index (χ4v) is 2.42. The number of carbonyl (C=O) groups is 2. The van der Waals surface area contributed by atoms with Crippen molar-refractivity contribution in [2.45, 2.75) is 19.4 Å². The second-order valence-electron chi connectivity index (χ2n) is 5.45. The fourth-order valence-electron chi connectivity index (χ4n) is 2.42. The first-order valence-electron chi connectivity index (χ1n) is 7.16. The Bertz CT molecular complexity index is 556. The van der Waals surface area contributed by atoms with Crippen LogP contribution in [-0.4, -0.2) is 53.8 Å². The maximum absolute atomic E-state index is 13.6. The highest BCUT2D eigenvalue weighted by Gasteiger charge is 2.28. The molecule has 1 saturated heterocycles. The van der Waals surface area contributed by atoms with Crippen LogP contribution in [0.15, 0.2) is 18.2 Å². The maximum atomic E-state index is 13.6. The van der Waals surface area contributed by atoms with Gasteiger partial charge in [0.15, 0.2) is 0 Å². The lowest BCUT2D eigenvalue weighted by atomic mass is 10.1. The van der Waals surface area contributed by atoms with Gasteiger partial charge in [0.2, 0.25) is 5.91 Å². The number of halogens is 3. The Morgan fingerprint density at radius 1 is 1.13 bits per heavy atom. The number of hydrogen-bond donors (Lipinski definition) is 1. The molecular weight excluding hydrogens is 328 g/mol. The molecular formula is C15H20ClF2N3O2. The van der Waals surface area contributed by atoms with E-state index in [2.05, 4.69) is 0 Å². The molecule has 0 bridgehead atoms. The predicted octanol–water partition coefficient (Wildman–Crippen LogP) is 1.41. The van der Waals surface area contributed by atoms with Crippen LogP contribution in [0.25, 0.3) is 0 Å². The maximum Gasteiger partial charge on any atom is 0.259 e. The van der Waals surface area contributed by atoms with Gasteiger partial charge in [-0.15, -0.1) is 12.4 Å². The van der Waals surface area contributed by atoms with Crippen molar-refractivity contribution in [2.24, 2.45) is 5.73 Å². The van der Waals surface area contributed by atoms with Crippen molar-refractivity contribution in [2.75, 3.05) is 26.2 Å². The summed E-state index contributed by atoms with van der Waals surface area (Å²) in [7, 11) is 0. The van der Waals surface area contributed by atoms with Crippen LogP contribution < -0.4 is 5.73 Å². The van der Waals surface area contributed by atoms with Crippen LogP contribution >= 0.6 is 12.4 Å². The quantitative estimate of drug-likeness (QED) is 0.899. The van der Waals surface area contributed by atoms with Crippen molar-refractivity contribution in [3.63, 3.8) is 0 Å². The Kier molecular flexibility index (Phi) is 6.90. The summed E-state index contributed by atoms with van der Waals surface area (Å²) >= 11 is 0. The number of hydrogen-bond acceptors (Lipinski definition) is 3. The van der Waals surface area contributed by atoms with Gasteiger partial charge in [-0.2, -0.15) is 0 Å². The lowest BCUT2D eigenvalue weighted by molar-refractivity contribution is -0.132. The third-order valence-electron chi connectivity index (χ3n) is 3.59. The summed E-state index contributed by atoms with van der Waals surface area (Å²) in [6, 6.07) is 3.10. The standard InChI is InChI=1S/C15H19F2N3O2.ClH/c1-10(18)9-13(21)19-5-7-20(8-6-19)15(22)14-11(16)3-2-4-12(14)17;/h2-4,10H,5-9,18H2,1H3;1H. The number of benzene rings is 1. The van der Waals surface area contributed by atoms with E-state index in [-0.39, 0.29) is 43.9 Å². The van der Waals surface area contributed by atoms with Gasteiger partial charge >= 0.3 is 0 Å². The molecule has 0 aliphatic carbocycles. The largest absolute Gasteiger partial charge is 0.339 e. The lowest BCUT2D eigenvalue weighted by Gasteiger charge is -2.35. The second kappa shape index (κ2) is 8.21. The molecule has 2 N–H and O–H groups in total. The number of nitrogens with zero attached hydrogens (tertiary/aromatic N) is 2. The van der Waals surface area contributed by atoms with Gasteiger partial charge in [-0.1, -0.05) is 6.07 Å². The first-order chi connectivity index (χ1) is 10.4. The zero-order chi connectivity index (χ0) is 16.3. The van der Waals surface area contributed by atoms with Crippen molar-refractivity contribution in [3.05, 3.63) is 35.4 Å². The molecule has 23 heavy (non-hydrogen) atoms. The molecule has 0 saturated carbocycles. The van der Waals surface area contributed by atoms with E-state index in [1.165, 1.54) is 11.0 Å². The van der Waals surface area contributed by atoms with Gasteiger partial charge in [0, 0.05) is 38.6 Å². The molecule has 1 aliphatic rings. The molecule has 2 amide bonds. The van der Waals surface area contributed by atoms with E-state index in [9.17, 15) is 18.4 Å². The van der Waals surface area contributed by atoms with Crippen LogP contribution in [0.2, 0.25) is 0 Å². The Hall–Kier alpha value is -1.73. The van der Waals surface area contributed by atoms with Crippen molar-refractivity contribution in [3.8, 4) is 0 Å². The molecule has 1 fully saturated rings. The van der Waals surface area contributed by atoms with Crippen LogP contribution in [0.5, 0.6) is 0 Å². The van der Waals surface area contributed by atoms with Gasteiger partial charge in [-0.25, -0.2) is 8.78 Å². The van der Waals surface area contributed by atoms with Crippen molar-refractivity contribution < 1.29 is 18.4 Å². The molecule has 0 radical (unpaired) electrons. The van der Waals surface area contributed by atoms with Crippen LogP contribution in [0, 0.1) is 11.6 Å². The highest BCUT2D eigenvalue weighted by molar-refractivity contribution is 5.95. The molecule has 1 aromatic carbocycles. The van der Waals surface area contributed by atoms with E-state index in [0.717, 1.165) is 12.1 Å². The molecule has 1 unspecified atom stereocenters. The van der Waals surface area contributed by atoms with E-state index < -0.39 is 23.1 Å². The van der Waals surface area contributed by atoms with E-state index >= 15 is 0 Å². The van der Waals surface area contributed by atoms with Gasteiger partial charge in [0.05, 0.1) is 0 Å². The minimum absolute atomic E-state index is 0. The Morgan fingerprint density at radius 3 is 2.09 bits per heavy atom. The van der Waals surface area contributed by atoms with Crippen LogP contribution in [0.3, 0.4) is 0 Å². The zero-order valence-electron chi connectivity index (χ0n) is 12.8. The average molecular weight is 348 g/mol. The average Bonchev–Trinajstić information content (AvgIpc) is 2.46. The van der Waals surface area contributed by atoms with Gasteiger partial charge in [-0.05, 0) is 19.1 Å². The van der Waals surface area contributed by atoms with Crippen molar-refractivity contribution in [1.82, 2.24) is 9.80 Å². The second-order valence-corrected chi connectivity index (χ2v) is 5.45. The number of amides is 2. The molecule has 128 valence electrons. The Morgan fingerprint density at radius 2 is 1.61 bits per heavy atom. The topological polar surface area (TPSA) is 66.6 Å². The summed E-state index contributed by atoms with van der Waals surface area (Å²) in [6.07, 6.45) is 0.246. The molecule has 0 aromatic heterocycles. The summed E-state index contributed by atoms with van der Waals surface area (Å²) in [5.74, 6) is -2.50. The van der Waals surface area contributed by atoms with Gasteiger partial charge < -0.3 is 15.5 Å². The van der Waals surface area contributed by atoms with Gasteiger partial charge in [-0.3, -0.25) is 9.59 Å². The molecule has 0 spiro atoms. The monoisotopic (exact) mass is 347 g/mol. The summed E-state index contributed by atoms with van der Waals surface area (Å²) in [6.45, 7) is 2.92. The Labute approximate surface area is 139 Å². The minimum Gasteiger partial charge on any atom is -0.339 e. The van der Waals surface area contributed by atoms with E-state index in [1.54, 1.807) is 11.8 Å².